The summed E-state index contributed by atoms with van der Waals surface area (Å²) in [5, 5.41) is 6.05. The van der Waals surface area contributed by atoms with E-state index in [1.165, 1.54) is 20.3 Å². The Morgan fingerprint density at radius 3 is 2.61 bits per heavy atom. The minimum Gasteiger partial charge on any atom is -0.497 e. The van der Waals surface area contributed by atoms with Crippen molar-refractivity contribution in [1.82, 2.24) is 5.16 Å². The van der Waals surface area contributed by atoms with Crippen molar-refractivity contribution in [2.45, 2.75) is 6.92 Å². The van der Waals surface area contributed by atoms with Gasteiger partial charge in [-0.15, -0.1) is 0 Å². The standard InChI is InChI=1S/C15H16N2O6/c1-9-6-13(17-23-9)16-14(18)8-22-15(19)11-5-4-10(20-2)7-12(11)21-3/h4-7H,8H2,1-3H3,(H,16,17,18). The first kappa shape index (κ1) is 16.3. The van der Waals surface area contributed by atoms with Gasteiger partial charge in [-0.05, 0) is 19.1 Å². The van der Waals surface area contributed by atoms with Gasteiger partial charge < -0.3 is 24.1 Å². The molecule has 8 heteroatoms. The normalized spacial score (nSPS) is 10.0. The number of hydrogen-bond acceptors (Lipinski definition) is 7. The lowest BCUT2D eigenvalue weighted by molar-refractivity contribution is -0.119. The van der Waals surface area contributed by atoms with Crippen LogP contribution in [0.15, 0.2) is 28.8 Å². The van der Waals surface area contributed by atoms with Crippen LogP contribution in [0.25, 0.3) is 0 Å². The Bertz CT molecular complexity index is 710. The van der Waals surface area contributed by atoms with Crippen molar-refractivity contribution in [3.8, 4) is 11.5 Å². The van der Waals surface area contributed by atoms with E-state index in [1.54, 1.807) is 25.1 Å². The molecule has 1 aromatic carbocycles. The van der Waals surface area contributed by atoms with E-state index in [1.807, 2.05) is 0 Å². The first-order valence-corrected chi connectivity index (χ1v) is 6.66. The zero-order chi connectivity index (χ0) is 16.8. The summed E-state index contributed by atoms with van der Waals surface area (Å²) < 4.78 is 19.9. The number of ether oxygens (including phenoxy) is 3. The number of esters is 1. The SMILES string of the molecule is COc1ccc(C(=O)OCC(=O)Nc2cc(C)on2)c(OC)c1. The van der Waals surface area contributed by atoms with Gasteiger partial charge in [-0.1, -0.05) is 5.16 Å². The van der Waals surface area contributed by atoms with Crippen molar-refractivity contribution in [2.75, 3.05) is 26.1 Å². The molecule has 0 aliphatic carbocycles. The van der Waals surface area contributed by atoms with Crippen LogP contribution in [-0.2, 0) is 9.53 Å². The highest BCUT2D eigenvalue weighted by molar-refractivity contribution is 5.96. The fourth-order valence-electron chi connectivity index (χ4n) is 1.78. The third kappa shape index (κ3) is 4.22. The molecule has 1 N–H and O–H groups in total. The molecule has 23 heavy (non-hydrogen) atoms. The number of carbonyl (C=O) groups excluding carboxylic acids is 2. The number of nitrogens with zero attached hydrogens (tertiary/aromatic N) is 1. The molecule has 2 aromatic rings. The average molecular weight is 320 g/mol. The van der Waals surface area contributed by atoms with Crippen molar-refractivity contribution in [1.29, 1.82) is 0 Å². The predicted octanol–water partition coefficient (Wildman–Crippen LogP) is 1.80. The Labute approximate surface area is 132 Å². The van der Waals surface area contributed by atoms with Gasteiger partial charge in [-0.3, -0.25) is 4.79 Å². The van der Waals surface area contributed by atoms with Crippen LogP contribution in [0.1, 0.15) is 16.1 Å². The summed E-state index contributed by atoms with van der Waals surface area (Å²) >= 11 is 0. The third-order valence-electron chi connectivity index (χ3n) is 2.86. The lowest BCUT2D eigenvalue weighted by Crippen LogP contribution is -2.21. The largest absolute Gasteiger partial charge is 0.497 e. The molecule has 0 saturated heterocycles. The number of rotatable bonds is 6. The molecule has 0 fully saturated rings. The van der Waals surface area contributed by atoms with Gasteiger partial charge in [0.15, 0.2) is 12.4 Å². The van der Waals surface area contributed by atoms with E-state index in [9.17, 15) is 9.59 Å². The highest BCUT2D eigenvalue weighted by Crippen LogP contribution is 2.25. The summed E-state index contributed by atoms with van der Waals surface area (Å²) in [7, 11) is 2.92. The summed E-state index contributed by atoms with van der Waals surface area (Å²) in [4.78, 5) is 23.7. The quantitative estimate of drug-likeness (QED) is 0.810. The number of carbonyl (C=O) groups is 2. The second kappa shape index (κ2) is 7.30. The topological polar surface area (TPSA) is 99.9 Å². The van der Waals surface area contributed by atoms with Crippen molar-refractivity contribution in [3.63, 3.8) is 0 Å². The first-order chi connectivity index (χ1) is 11.0. The van der Waals surface area contributed by atoms with Crippen molar-refractivity contribution < 1.29 is 28.3 Å². The Morgan fingerprint density at radius 1 is 1.22 bits per heavy atom. The molecule has 1 aromatic heterocycles. The molecule has 0 radical (unpaired) electrons. The van der Waals surface area contributed by atoms with Crippen LogP contribution in [-0.4, -0.2) is 37.9 Å². The van der Waals surface area contributed by atoms with E-state index < -0.39 is 18.5 Å². The van der Waals surface area contributed by atoms with Crippen LogP contribution >= 0.6 is 0 Å². The molecule has 0 unspecified atom stereocenters. The molecule has 1 amide bonds. The van der Waals surface area contributed by atoms with Gasteiger partial charge >= 0.3 is 5.97 Å². The van der Waals surface area contributed by atoms with E-state index in [0.29, 0.717) is 17.3 Å². The minimum absolute atomic E-state index is 0.193. The van der Waals surface area contributed by atoms with Crippen LogP contribution in [0, 0.1) is 6.92 Å². The minimum atomic E-state index is -0.684. The van der Waals surface area contributed by atoms with E-state index in [0.717, 1.165) is 0 Å². The van der Waals surface area contributed by atoms with Gasteiger partial charge in [0.25, 0.3) is 5.91 Å². The predicted molar refractivity (Wildman–Crippen MR) is 79.7 cm³/mol. The van der Waals surface area contributed by atoms with Gasteiger partial charge in [0.05, 0.1) is 14.2 Å². The van der Waals surface area contributed by atoms with Gasteiger partial charge in [-0.25, -0.2) is 4.79 Å². The van der Waals surface area contributed by atoms with Crippen LogP contribution < -0.4 is 14.8 Å². The number of aryl methyl sites for hydroxylation is 1. The number of nitrogens with one attached hydrogen (secondary N) is 1. The van der Waals surface area contributed by atoms with Crippen LogP contribution in [0.2, 0.25) is 0 Å². The molecule has 0 atom stereocenters. The van der Waals surface area contributed by atoms with E-state index in [4.69, 9.17) is 18.7 Å². The van der Waals surface area contributed by atoms with Crippen LogP contribution in [0.4, 0.5) is 5.82 Å². The number of methoxy groups -OCH3 is 2. The Morgan fingerprint density at radius 2 is 2.00 bits per heavy atom. The lowest BCUT2D eigenvalue weighted by atomic mass is 10.2. The summed E-state index contributed by atoms with van der Waals surface area (Å²) in [6.45, 7) is 1.23. The number of benzene rings is 1. The molecule has 0 saturated carbocycles. The summed E-state index contributed by atoms with van der Waals surface area (Å²) in [5.41, 5.74) is 0.193. The molecule has 0 bridgehead atoms. The van der Waals surface area contributed by atoms with E-state index in [2.05, 4.69) is 10.5 Å². The summed E-state index contributed by atoms with van der Waals surface area (Å²) in [6, 6.07) is 6.19. The van der Waals surface area contributed by atoms with Crippen LogP contribution in [0.3, 0.4) is 0 Å². The summed E-state index contributed by atoms with van der Waals surface area (Å²) in [5.74, 6) is 0.431. The van der Waals surface area contributed by atoms with Crippen LogP contribution in [0.5, 0.6) is 11.5 Å². The second-order valence-electron chi connectivity index (χ2n) is 4.51. The number of anilines is 1. The molecular formula is C15H16N2O6. The Hall–Kier alpha value is -3.03. The maximum atomic E-state index is 12.0. The van der Waals surface area contributed by atoms with Gasteiger partial charge in [0.1, 0.15) is 22.8 Å². The molecule has 122 valence electrons. The van der Waals surface area contributed by atoms with Crippen molar-refractivity contribution >= 4 is 17.7 Å². The zero-order valence-electron chi connectivity index (χ0n) is 12.9. The lowest BCUT2D eigenvalue weighted by Gasteiger charge is -2.10. The van der Waals surface area contributed by atoms with Gasteiger partial charge in [0, 0.05) is 12.1 Å². The molecule has 8 nitrogen and oxygen atoms in total. The smallest absolute Gasteiger partial charge is 0.342 e. The molecule has 0 aliphatic rings. The molecule has 0 aliphatic heterocycles. The monoisotopic (exact) mass is 320 g/mol. The highest BCUT2D eigenvalue weighted by Gasteiger charge is 2.16. The first-order valence-electron chi connectivity index (χ1n) is 6.66. The van der Waals surface area contributed by atoms with Gasteiger partial charge in [-0.2, -0.15) is 0 Å². The second-order valence-corrected chi connectivity index (χ2v) is 4.51. The maximum Gasteiger partial charge on any atom is 0.342 e. The van der Waals surface area contributed by atoms with E-state index >= 15 is 0 Å². The molecule has 0 spiro atoms. The molecule has 2 rings (SSSR count). The van der Waals surface area contributed by atoms with E-state index in [-0.39, 0.29) is 11.4 Å². The number of aromatic nitrogens is 1. The fourth-order valence-corrected chi connectivity index (χ4v) is 1.78. The number of amides is 1. The fraction of sp³-hybridized carbons (Fsp3) is 0.267. The van der Waals surface area contributed by atoms with Crippen molar-refractivity contribution in [3.05, 3.63) is 35.6 Å². The maximum absolute atomic E-state index is 12.0. The molecule has 1 heterocycles. The zero-order valence-corrected chi connectivity index (χ0v) is 12.9. The Kier molecular flexibility index (Phi) is 5.19. The number of hydrogen-bond donors (Lipinski definition) is 1. The summed E-state index contributed by atoms with van der Waals surface area (Å²) in [6.07, 6.45) is 0. The average Bonchev–Trinajstić information content (AvgIpc) is 2.96. The van der Waals surface area contributed by atoms with Crippen molar-refractivity contribution in [2.24, 2.45) is 0 Å². The highest BCUT2D eigenvalue weighted by atomic mass is 16.5. The third-order valence-corrected chi connectivity index (χ3v) is 2.86. The Balaban J connectivity index is 1.95. The molecular weight excluding hydrogens is 304 g/mol. The van der Waals surface area contributed by atoms with Gasteiger partial charge in [0.2, 0.25) is 0 Å².